The third kappa shape index (κ3) is 4.08. The van der Waals surface area contributed by atoms with Crippen molar-refractivity contribution >= 4 is 17.5 Å². The molecular weight excluding hydrogens is 204 g/mol. The molecule has 1 atom stereocenters. The molecule has 0 aromatic heterocycles. The maximum atomic E-state index is 11.4. The molecule has 15 heavy (non-hydrogen) atoms. The first-order valence-corrected chi connectivity index (χ1v) is 6.25. The van der Waals surface area contributed by atoms with E-state index in [1.165, 1.54) is 10.5 Å². The molecule has 0 aliphatic carbocycles. The van der Waals surface area contributed by atoms with E-state index in [2.05, 4.69) is 38.1 Å². The van der Waals surface area contributed by atoms with Crippen molar-refractivity contribution in [2.24, 2.45) is 0 Å². The second-order valence-electron chi connectivity index (χ2n) is 3.82. The molecule has 1 nitrogen and oxygen atoms in total. The van der Waals surface area contributed by atoms with Crippen LogP contribution in [0.3, 0.4) is 0 Å². The summed E-state index contributed by atoms with van der Waals surface area (Å²) in [5, 5.41) is 0.123. The fourth-order valence-corrected chi connectivity index (χ4v) is 2.53. The summed E-state index contributed by atoms with van der Waals surface area (Å²) in [6, 6.07) is 8.36. The predicted molar refractivity (Wildman–Crippen MR) is 66.4 cm³/mol. The number of aryl methyl sites for hydroxylation is 1. The van der Waals surface area contributed by atoms with Crippen molar-refractivity contribution in [3.8, 4) is 0 Å². The molecule has 1 aromatic carbocycles. The number of carbonyl (C=O) groups excluding carboxylic acids is 1. The van der Waals surface area contributed by atoms with Crippen LogP contribution in [-0.2, 0) is 4.79 Å². The van der Waals surface area contributed by atoms with Gasteiger partial charge in [-0.3, -0.25) is 4.79 Å². The Morgan fingerprint density at radius 3 is 2.40 bits per heavy atom. The standard InChI is InChI=1S/C13H18OS/c1-4-5-13(11(3)14)15-12-8-6-10(2)7-9-12/h6-9,13H,4-5H2,1-3H3. The van der Waals surface area contributed by atoms with Crippen LogP contribution in [0.5, 0.6) is 0 Å². The largest absolute Gasteiger partial charge is 0.299 e. The number of carbonyl (C=O) groups is 1. The highest BCUT2D eigenvalue weighted by molar-refractivity contribution is 8.00. The highest BCUT2D eigenvalue weighted by atomic mass is 32.2. The van der Waals surface area contributed by atoms with Gasteiger partial charge in [0.05, 0.1) is 5.25 Å². The Morgan fingerprint density at radius 2 is 1.93 bits per heavy atom. The van der Waals surface area contributed by atoms with E-state index in [9.17, 15) is 4.79 Å². The number of thioether (sulfide) groups is 1. The molecule has 0 aliphatic heterocycles. The number of rotatable bonds is 5. The van der Waals surface area contributed by atoms with E-state index in [-0.39, 0.29) is 11.0 Å². The van der Waals surface area contributed by atoms with Crippen LogP contribution in [0.2, 0.25) is 0 Å². The van der Waals surface area contributed by atoms with Crippen LogP contribution >= 0.6 is 11.8 Å². The average molecular weight is 222 g/mol. The fourth-order valence-electron chi connectivity index (χ4n) is 1.39. The van der Waals surface area contributed by atoms with Crippen LogP contribution in [-0.4, -0.2) is 11.0 Å². The molecule has 0 bridgehead atoms. The zero-order chi connectivity index (χ0) is 11.3. The summed E-state index contributed by atoms with van der Waals surface area (Å²) in [5.41, 5.74) is 1.26. The molecule has 1 unspecified atom stereocenters. The van der Waals surface area contributed by atoms with Gasteiger partial charge in [0, 0.05) is 4.90 Å². The molecule has 0 spiro atoms. The van der Waals surface area contributed by atoms with Crippen molar-refractivity contribution in [1.29, 1.82) is 0 Å². The highest BCUT2D eigenvalue weighted by Crippen LogP contribution is 2.27. The van der Waals surface area contributed by atoms with Crippen LogP contribution in [0.1, 0.15) is 32.3 Å². The molecule has 0 N–H and O–H groups in total. The second kappa shape index (κ2) is 5.96. The van der Waals surface area contributed by atoms with Gasteiger partial charge in [0.1, 0.15) is 5.78 Å². The van der Waals surface area contributed by atoms with Crippen LogP contribution < -0.4 is 0 Å². The van der Waals surface area contributed by atoms with Gasteiger partial charge in [-0.15, -0.1) is 11.8 Å². The molecular formula is C13H18OS. The van der Waals surface area contributed by atoms with Crippen LogP contribution in [0.25, 0.3) is 0 Å². The number of benzene rings is 1. The molecule has 82 valence electrons. The molecule has 0 fully saturated rings. The van der Waals surface area contributed by atoms with E-state index < -0.39 is 0 Å². The maximum Gasteiger partial charge on any atom is 0.143 e. The number of hydrogen-bond acceptors (Lipinski definition) is 2. The maximum absolute atomic E-state index is 11.4. The Bertz CT molecular complexity index is 316. The van der Waals surface area contributed by atoms with Gasteiger partial charge < -0.3 is 0 Å². The van der Waals surface area contributed by atoms with Gasteiger partial charge in [0.2, 0.25) is 0 Å². The summed E-state index contributed by atoms with van der Waals surface area (Å²) in [6.07, 6.45) is 2.02. The molecule has 0 amide bonds. The molecule has 2 heteroatoms. The number of Topliss-reactive ketones (excluding diaryl/α,β-unsaturated/α-hetero) is 1. The SMILES string of the molecule is CCCC(Sc1ccc(C)cc1)C(C)=O. The van der Waals surface area contributed by atoms with Crippen molar-refractivity contribution in [1.82, 2.24) is 0 Å². The van der Waals surface area contributed by atoms with E-state index in [0.29, 0.717) is 0 Å². The van der Waals surface area contributed by atoms with Crippen LogP contribution in [0, 0.1) is 6.92 Å². The number of hydrogen-bond donors (Lipinski definition) is 0. The Morgan fingerprint density at radius 1 is 1.33 bits per heavy atom. The second-order valence-corrected chi connectivity index (χ2v) is 5.10. The fraction of sp³-hybridized carbons (Fsp3) is 0.462. The van der Waals surface area contributed by atoms with Crippen molar-refractivity contribution < 1.29 is 4.79 Å². The predicted octanol–water partition coefficient (Wildman–Crippen LogP) is 3.84. The Labute approximate surface area is 96.3 Å². The summed E-state index contributed by atoms with van der Waals surface area (Å²) in [6.45, 7) is 5.87. The Kier molecular flexibility index (Phi) is 4.89. The topological polar surface area (TPSA) is 17.1 Å². The number of ketones is 1. The van der Waals surface area contributed by atoms with E-state index in [1.54, 1.807) is 18.7 Å². The summed E-state index contributed by atoms with van der Waals surface area (Å²) >= 11 is 1.68. The summed E-state index contributed by atoms with van der Waals surface area (Å²) in [4.78, 5) is 12.6. The van der Waals surface area contributed by atoms with Crippen molar-refractivity contribution in [2.75, 3.05) is 0 Å². The first-order chi connectivity index (χ1) is 7.13. The minimum Gasteiger partial charge on any atom is -0.299 e. The van der Waals surface area contributed by atoms with Gasteiger partial charge in [-0.2, -0.15) is 0 Å². The molecule has 0 aliphatic rings. The van der Waals surface area contributed by atoms with Gasteiger partial charge in [-0.1, -0.05) is 31.0 Å². The quantitative estimate of drug-likeness (QED) is 0.704. The highest BCUT2D eigenvalue weighted by Gasteiger charge is 2.14. The monoisotopic (exact) mass is 222 g/mol. The Balaban J connectivity index is 2.65. The lowest BCUT2D eigenvalue weighted by molar-refractivity contribution is -0.116. The first kappa shape index (κ1) is 12.3. The molecule has 1 aromatic rings. The third-order valence-electron chi connectivity index (χ3n) is 2.30. The van der Waals surface area contributed by atoms with Gasteiger partial charge in [0.15, 0.2) is 0 Å². The molecule has 0 heterocycles. The zero-order valence-electron chi connectivity index (χ0n) is 9.62. The summed E-state index contributed by atoms with van der Waals surface area (Å²) < 4.78 is 0. The first-order valence-electron chi connectivity index (χ1n) is 5.37. The van der Waals surface area contributed by atoms with Crippen LogP contribution in [0.4, 0.5) is 0 Å². The minimum absolute atomic E-state index is 0.123. The van der Waals surface area contributed by atoms with E-state index >= 15 is 0 Å². The van der Waals surface area contributed by atoms with Gasteiger partial charge in [-0.25, -0.2) is 0 Å². The molecule has 0 saturated heterocycles. The van der Waals surface area contributed by atoms with Crippen molar-refractivity contribution in [3.05, 3.63) is 29.8 Å². The van der Waals surface area contributed by atoms with E-state index in [0.717, 1.165) is 12.8 Å². The molecule has 1 rings (SSSR count). The third-order valence-corrected chi connectivity index (χ3v) is 3.70. The van der Waals surface area contributed by atoms with E-state index in [4.69, 9.17) is 0 Å². The molecule has 0 saturated carbocycles. The lowest BCUT2D eigenvalue weighted by atomic mass is 10.2. The lowest BCUT2D eigenvalue weighted by Crippen LogP contribution is -2.12. The van der Waals surface area contributed by atoms with Crippen molar-refractivity contribution in [3.63, 3.8) is 0 Å². The Hall–Kier alpha value is -0.760. The average Bonchev–Trinajstić information content (AvgIpc) is 2.20. The smallest absolute Gasteiger partial charge is 0.143 e. The van der Waals surface area contributed by atoms with Gasteiger partial charge in [-0.05, 0) is 32.4 Å². The zero-order valence-corrected chi connectivity index (χ0v) is 10.4. The van der Waals surface area contributed by atoms with Crippen LogP contribution in [0.15, 0.2) is 29.2 Å². The lowest BCUT2D eigenvalue weighted by Gasteiger charge is -2.12. The summed E-state index contributed by atoms with van der Waals surface area (Å²) in [7, 11) is 0. The summed E-state index contributed by atoms with van der Waals surface area (Å²) in [5.74, 6) is 0.280. The van der Waals surface area contributed by atoms with Crippen molar-refractivity contribution in [2.45, 2.75) is 43.8 Å². The van der Waals surface area contributed by atoms with Gasteiger partial charge >= 0.3 is 0 Å². The molecule has 0 radical (unpaired) electrons. The normalized spacial score (nSPS) is 12.5. The van der Waals surface area contributed by atoms with Gasteiger partial charge in [0.25, 0.3) is 0 Å². The minimum atomic E-state index is 0.123. The van der Waals surface area contributed by atoms with E-state index in [1.807, 2.05) is 0 Å².